The normalized spacial score (nSPS) is 16.1. The number of ether oxygens (including phenoxy) is 1. The molecule has 0 aliphatic carbocycles. The number of nitrogens with zero attached hydrogens (tertiary/aromatic N) is 3. The molecule has 0 saturated carbocycles. The predicted octanol–water partition coefficient (Wildman–Crippen LogP) is 4.65. The largest absolute Gasteiger partial charge is 0.387 e. The first-order valence-corrected chi connectivity index (χ1v) is 12.1. The van der Waals surface area contributed by atoms with Crippen molar-refractivity contribution in [2.24, 2.45) is 4.99 Å². The average molecular weight is 501 g/mol. The Hall–Kier alpha value is -3.37. The molecule has 1 aliphatic rings. The molecule has 2 unspecified atom stereocenters. The second-order valence-corrected chi connectivity index (χ2v) is 8.59. The maximum Gasteiger partial charge on any atom is 0.255 e. The van der Waals surface area contributed by atoms with Crippen LogP contribution in [0.25, 0.3) is 6.08 Å². The van der Waals surface area contributed by atoms with Crippen molar-refractivity contribution in [3.63, 3.8) is 0 Å². The highest BCUT2D eigenvalue weighted by molar-refractivity contribution is 5.99. The van der Waals surface area contributed by atoms with E-state index in [-0.39, 0.29) is 18.2 Å². The molecule has 36 heavy (non-hydrogen) atoms. The molecule has 2 aromatic rings. The van der Waals surface area contributed by atoms with Crippen molar-refractivity contribution in [2.45, 2.75) is 58.4 Å². The Morgan fingerprint density at radius 3 is 2.75 bits per heavy atom. The number of amides is 1. The average Bonchev–Trinajstić information content (AvgIpc) is 2.88. The minimum atomic E-state index is -1.62. The lowest BCUT2D eigenvalue weighted by molar-refractivity contribution is -0.00177. The number of hydrogen-bond acceptors (Lipinski definition) is 8. The summed E-state index contributed by atoms with van der Waals surface area (Å²) in [6.45, 7) is 14.9. The second-order valence-electron chi connectivity index (χ2n) is 8.59. The smallest absolute Gasteiger partial charge is 0.255 e. The summed E-state index contributed by atoms with van der Waals surface area (Å²) in [4.78, 5) is 25.5. The Bertz CT molecular complexity index is 1030. The molecule has 0 spiro atoms. The molecule has 0 bridgehead atoms. The molecular weight excluding hydrogens is 463 g/mol. The third kappa shape index (κ3) is 8.10. The maximum absolute atomic E-state index is 14.1. The highest BCUT2D eigenvalue weighted by Gasteiger charge is 2.27. The molecule has 1 saturated heterocycles. The van der Waals surface area contributed by atoms with Crippen LogP contribution in [0.5, 0.6) is 0 Å². The topological polar surface area (TPSA) is 121 Å². The molecule has 3 rings (SSSR count). The van der Waals surface area contributed by atoms with E-state index in [0.29, 0.717) is 41.9 Å². The van der Waals surface area contributed by atoms with Crippen LogP contribution in [0.2, 0.25) is 0 Å². The van der Waals surface area contributed by atoms with E-state index in [9.17, 15) is 14.3 Å². The zero-order valence-corrected chi connectivity index (χ0v) is 21.5. The molecule has 0 radical (unpaired) electrons. The summed E-state index contributed by atoms with van der Waals surface area (Å²) < 4.78 is 19.7. The van der Waals surface area contributed by atoms with Gasteiger partial charge in [0.15, 0.2) is 0 Å². The zero-order chi connectivity index (χ0) is 26.7. The summed E-state index contributed by atoms with van der Waals surface area (Å²) in [7, 11) is 0. The third-order valence-electron chi connectivity index (χ3n) is 5.40. The molecule has 9 nitrogen and oxygen atoms in total. The fourth-order valence-electron chi connectivity index (χ4n) is 3.38. The van der Waals surface area contributed by atoms with Gasteiger partial charge in [-0.25, -0.2) is 14.4 Å². The van der Waals surface area contributed by atoms with Crippen LogP contribution >= 0.6 is 0 Å². The van der Waals surface area contributed by atoms with Gasteiger partial charge in [0.05, 0.1) is 41.4 Å². The van der Waals surface area contributed by atoms with E-state index >= 15 is 0 Å². The third-order valence-corrected chi connectivity index (χ3v) is 5.40. The Balaban J connectivity index is 0.00000222. The van der Waals surface area contributed by atoms with Gasteiger partial charge in [-0.1, -0.05) is 20.4 Å². The summed E-state index contributed by atoms with van der Waals surface area (Å²) in [5.41, 5.74) is 0.398. The number of hydrogen-bond donors (Lipinski definition) is 4. The van der Waals surface area contributed by atoms with Crippen molar-refractivity contribution < 1.29 is 19.0 Å². The quantitative estimate of drug-likeness (QED) is 0.350. The molecule has 1 fully saturated rings. The number of pyridine rings is 2. The summed E-state index contributed by atoms with van der Waals surface area (Å²) in [5, 5.41) is 18.8. The molecule has 1 amide bonds. The molecule has 4 N–H and O–H groups in total. The highest BCUT2D eigenvalue weighted by Crippen LogP contribution is 2.26. The van der Waals surface area contributed by atoms with Crippen LogP contribution in [0.15, 0.2) is 36.0 Å². The molecule has 0 aromatic carbocycles. The standard InChI is InChI=1S/C24H31FN6O3.C2H6/c1-5-17-18(26-4)8-9-21(30-17)31-22-11-19(29-15-7-6-10-34-14-15)16(12-27-22)23(32)28-13-20(25)24(2,3)33;1-2/h5,8-9,11-12,15,20,33H,1,4,6-7,10,13-14H2,2-3H3,(H,28,32)(H2,27,29,30,31);1-2H3. The number of rotatable bonds is 10. The summed E-state index contributed by atoms with van der Waals surface area (Å²) in [6, 6.07) is 5.21. The molecule has 3 heterocycles. The van der Waals surface area contributed by atoms with Crippen LogP contribution in [0.1, 0.15) is 56.6 Å². The molecule has 2 atom stereocenters. The van der Waals surface area contributed by atoms with Crippen molar-refractivity contribution >= 4 is 41.7 Å². The monoisotopic (exact) mass is 500 g/mol. The van der Waals surface area contributed by atoms with Crippen LogP contribution < -0.4 is 16.0 Å². The van der Waals surface area contributed by atoms with Crippen LogP contribution in [0, 0.1) is 0 Å². The van der Waals surface area contributed by atoms with Gasteiger partial charge in [-0.15, -0.1) is 0 Å². The van der Waals surface area contributed by atoms with Crippen molar-refractivity contribution in [3.05, 3.63) is 42.2 Å². The number of aromatic nitrogens is 2. The van der Waals surface area contributed by atoms with E-state index < -0.39 is 17.7 Å². The molecular formula is C26H37FN6O3. The minimum Gasteiger partial charge on any atom is -0.387 e. The van der Waals surface area contributed by atoms with Crippen molar-refractivity contribution in [1.29, 1.82) is 0 Å². The number of halogens is 1. The SMILES string of the molecule is C=Cc1nc(Nc2cc(NC3CCCOC3)c(C(=O)NCC(F)C(C)(C)O)cn2)ccc1N=C.CC. The molecule has 2 aromatic heterocycles. The second kappa shape index (κ2) is 13.6. The van der Waals surface area contributed by atoms with E-state index in [4.69, 9.17) is 4.74 Å². The first-order valence-electron chi connectivity index (χ1n) is 12.1. The summed E-state index contributed by atoms with van der Waals surface area (Å²) in [5.74, 6) is 0.473. The Labute approximate surface area is 212 Å². The van der Waals surface area contributed by atoms with Crippen LogP contribution in [0.4, 0.5) is 27.4 Å². The van der Waals surface area contributed by atoms with E-state index in [0.717, 1.165) is 12.8 Å². The fraction of sp³-hybridized carbons (Fsp3) is 0.462. The van der Waals surface area contributed by atoms with Crippen molar-refractivity contribution in [2.75, 3.05) is 30.4 Å². The zero-order valence-electron chi connectivity index (χ0n) is 21.5. The number of aliphatic imine (C=N–C) groups is 1. The van der Waals surface area contributed by atoms with Crippen LogP contribution in [-0.2, 0) is 4.74 Å². The Morgan fingerprint density at radius 1 is 1.39 bits per heavy atom. The number of carbonyl (C=O) groups excluding carboxylic acids is 1. The van der Waals surface area contributed by atoms with Crippen LogP contribution in [0.3, 0.4) is 0 Å². The summed E-state index contributed by atoms with van der Waals surface area (Å²) >= 11 is 0. The van der Waals surface area contributed by atoms with Crippen molar-refractivity contribution in [1.82, 2.24) is 15.3 Å². The maximum atomic E-state index is 14.1. The van der Waals surface area contributed by atoms with Gasteiger partial charge in [-0.2, -0.15) is 0 Å². The van der Waals surface area contributed by atoms with Crippen molar-refractivity contribution in [3.8, 4) is 0 Å². The van der Waals surface area contributed by atoms with Gasteiger partial charge in [0, 0.05) is 24.9 Å². The summed E-state index contributed by atoms with van der Waals surface area (Å²) in [6.07, 6.45) is 3.17. The van der Waals surface area contributed by atoms with Gasteiger partial charge in [0.25, 0.3) is 5.91 Å². The molecule has 10 heteroatoms. The van der Waals surface area contributed by atoms with E-state index in [1.165, 1.54) is 20.0 Å². The predicted molar refractivity (Wildman–Crippen MR) is 143 cm³/mol. The fourth-order valence-corrected chi connectivity index (χ4v) is 3.38. The van der Waals surface area contributed by atoms with Gasteiger partial charge in [0.1, 0.15) is 17.8 Å². The van der Waals surface area contributed by atoms with Gasteiger partial charge >= 0.3 is 0 Å². The van der Waals surface area contributed by atoms with E-state index in [1.54, 1.807) is 24.3 Å². The van der Waals surface area contributed by atoms with Gasteiger partial charge in [-0.05, 0) is 51.6 Å². The highest BCUT2D eigenvalue weighted by atomic mass is 19.1. The van der Waals surface area contributed by atoms with Crippen LogP contribution in [-0.4, -0.2) is 65.3 Å². The number of anilines is 3. The molecule has 1 aliphatic heterocycles. The Morgan fingerprint density at radius 2 is 2.14 bits per heavy atom. The first-order chi connectivity index (χ1) is 17.2. The number of aliphatic hydroxyl groups is 1. The number of carbonyl (C=O) groups is 1. The van der Waals surface area contributed by atoms with E-state index in [2.05, 4.69) is 44.2 Å². The number of alkyl halides is 1. The lowest BCUT2D eigenvalue weighted by Crippen LogP contribution is -2.42. The van der Waals surface area contributed by atoms with Gasteiger partial charge in [0.2, 0.25) is 0 Å². The first kappa shape index (κ1) is 28.9. The number of nitrogens with one attached hydrogen (secondary N) is 3. The Kier molecular flexibility index (Phi) is 10.9. The molecule has 196 valence electrons. The lowest BCUT2D eigenvalue weighted by Gasteiger charge is -2.26. The van der Waals surface area contributed by atoms with Gasteiger partial charge < -0.3 is 25.8 Å². The lowest BCUT2D eigenvalue weighted by atomic mass is 10.0. The van der Waals surface area contributed by atoms with E-state index in [1.807, 2.05) is 13.8 Å². The van der Waals surface area contributed by atoms with Gasteiger partial charge in [-0.3, -0.25) is 9.79 Å². The minimum absolute atomic E-state index is 0.0179.